The molecule has 86 valence electrons. The van der Waals surface area contributed by atoms with Crippen LogP contribution in [-0.2, 0) is 0 Å². The molecule has 0 saturated carbocycles. The highest BCUT2D eigenvalue weighted by atomic mass is 14.6. The molecule has 0 aliphatic carbocycles. The lowest BCUT2D eigenvalue weighted by molar-refractivity contribution is 1.30. The van der Waals surface area contributed by atoms with Gasteiger partial charge in [-0.15, -0.1) is 0 Å². The van der Waals surface area contributed by atoms with E-state index >= 15 is 0 Å². The first-order valence-electron chi connectivity index (χ1n) is 6.00. The van der Waals surface area contributed by atoms with E-state index in [9.17, 15) is 0 Å². The fourth-order valence-corrected chi connectivity index (χ4v) is 2.05. The maximum absolute atomic E-state index is 4.29. The van der Waals surface area contributed by atoms with Gasteiger partial charge in [-0.1, -0.05) is 54.6 Å². The Morgan fingerprint density at radius 1 is 0.722 bits per heavy atom. The van der Waals surface area contributed by atoms with Crippen LogP contribution in [0.25, 0.3) is 22.9 Å². The zero-order valence-corrected chi connectivity index (χ0v) is 9.95. The molecule has 0 N–H and O–H groups in total. The van der Waals surface area contributed by atoms with Gasteiger partial charge >= 0.3 is 0 Å². The van der Waals surface area contributed by atoms with Crippen LogP contribution < -0.4 is 0 Å². The Labute approximate surface area is 106 Å². The lowest BCUT2D eigenvalue weighted by atomic mass is 10.0. The minimum absolute atomic E-state index is 0.977. The van der Waals surface area contributed by atoms with Crippen molar-refractivity contribution in [2.75, 3.05) is 0 Å². The number of benzene rings is 2. The van der Waals surface area contributed by atoms with Crippen LogP contribution in [0.5, 0.6) is 0 Å². The molecule has 3 aromatic rings. The predicted octanol–water partition coefficient (Wildman–Crippen LogP) is 4.41. The lowest BCUT2D eigenvalue weighted by Gasteiger charge is -2.01. The first kappa shape index (κ1) is 10.7. The molecule has 0 bridgehead atoms. The summed E-state index contributed by atoms with van der Waals surface area (Å²) >= 11 is 0. The third kappa shape index (κ3) is 2.16. The van der Waals surface area contributed by atoms with Crippen LogP contribution in [0.2, 0.25) is 0 Å². The zero-order chi connectivity index (χ0) is 12.2. The lowest BCUT2D eigenvalue weighted by Crippen LogP contribution is -1.79. The van der Waals surface area contributed by atoms with Gasteiger partial charge in [0.15, 0.2) is 0 Å². The molecule has 2 aromatic carbocycles. The molecule has 0 spiro atoms. The van der Waals surface area contributed by atoms with Crippen molar-refractivity contribution in [3.63, 3.8) is 0 Å². The van der Waals surface area contributed by atoms with Gasteiger partial charge in [0.25, 0.3) is 0 Å². The Bertz CT molecular complexity index is 679. The summed E-state index contributed by atoms with van der Waals surface area (Å²) in [7, 11) is 0. The Hall–Kier alpha value is -2.41. The zero-order valence-electron chi connectivity index (χ0n) is 9.95. The summed E-state index contributed by atoms with van der Waals surface area (Å²) in [6.07, 6.45) is 5.97. The number of hydrogen-bond acceptors (Lipinski definition) is 1. The molecular weight excluding hydrogens is 218 g/mol. The van der Waals surface area contributed by atoms with Gasteiger partial charge in [-0.25, -0.2) is 0 Å². The molecule has 0 aliphatic rings. The molecule has 0 fully saturated rings. The van der Waals surface area contributed by atoms with Crippen LogP contribution in [0.3, 0.4) is 0 Å². The van der Waals surface area contributed by atoms with Gasteiger partial charge in [0.05, 0.1) is 5.69 Å². The van der Waals surface area contributed by atoms with E-state index in [1.807, 2.05) is 30.5 Å². The Kier molecular flexibility index (Phi) is 2.89. The standard InChI is InChI=1S/C17H13N/c1-2-10-17-14(6-1)7-5-8-15(17)11-12-16-9-3-4-13-18-16/h1-13H/b12-11+. The molecule has 3 rings (SSSR count). The van der Waals surface area contributed by atoms with Gasteiger partial charge in [-0.2, -0.15) is 0 Å². The third-order valence-electron chi connectivity index (χ3n) is 2.94. The molecule has 18 heavy (non-hydrogen) atoms. The van der Waals surface area contributed by atoms with Crippen LogP contribution in [-0.4, -0.2) is 4.98 Å². The fraction of sp³-hybridized carbons (Fsp3) is 0. The Morgan fingerprint density at radius 2 is 1.56 bits per heavy atom. The minimum atomic E-state index is 0.977. The third-order valence-corrected chi connectivity index (χ3v) is 2.94. The van der Waals surface area contributed by atoms with Crippen LogP contribution in [0, 0.1) is 0 Å². The highest BCUT2D eigenvalue weighted by molar-refractivity contribution is 5.92. The minimum Gasteiger partial charge on any atom is -0.257 e. The second-order valence-corrected chi connectivity index (χ2v) is 4.16. The summed E-state index contributed by atoms with van der Waals surface area (Å²) in [6.45, 7) is 0. The van der Waals surface area contributed by atoms with Gasteiger partial charge in [0, 0.05) is 6.20 Å². The van der Waals surface area contributed by atoms with Crippen molar-refractivity contribution in [3.8, 4) is 0 Å². The Balaban J connectivity index is 2.03. The van der Waals surface area contributed by atoms with Gasteiger partial charge < -0.3 is 0 Å². The summed E-state index contributed by atoms with van der Waals surface area (Å²) in [4.78, 5) is 4.29. The van der Waals surface area contributed by atoms with Gasteiger partial charge in [0.1, 0.15) is 0 Å². The molecule has 1 aromatic heterocycles. The number of pyridine rings is 1. The number of fused-ring (bicyclic) bond motifs is 1. The van der Waals surface area contributed by atoms with Gasteiger partial charge in [-0.05, 0) is 34.5 Å². The maximum atomic E-state index is 4.29. The normalized spacial score (nSPS) is 11.1. The van der Waals surface area contributed by atoms with Crippen molar-refractivity contribution >= 4 is 22.9 Å². The number of aromatic nitrogens is 1. The fourth-order valence-electron chi connectivity index (χ4n) is 2.05. The molecule has 0 amide bonds. The largest absolute Gasteiger partial charge is 0.257 e. The summed E-state index contributed by atoms with van der Waals surface area (Å²) in [5, 5.41) is 2.54. The van der Waals surface area contributed by atoms with E-state index in [1.54, 1.807) is 0 Å². The van der Waals surface area contributed by atoms with Crippen molar-refractivity contribution in [2.24, 2.45) is 0 Å². The van der Waals surface area contributed by atoms with E-state index < -0.39 is 0 Å². The van der Waals surface area contributed by atoms with Crippen LogP contribution >= 0.6 is 0 Å². The first-order chi connectivity index (χ1) is 8.93. The number of hydrogen-bond donors (Lipinski definition) is 0. The van der Waals surface area contributed by atoms with Gasteiger partial charge in [0.2, 0.25) is 0 Å². The first-order valence-corrected chi connectivity index (χ1v) is 6.00. The molecular formula is C17H13N. The highest BCUT2D eigenvalue weighted by Crippen LogP contribution is 2.20. The second kappa shape index (κ2) is 4.84. The molecule has 1 heterocycles. The Morgan fingerprint density at radius 3 is 2.44 bits per heavy atom. The van der Waals surface area contributed by atoms with E-state index in [0.717, 1.165) is 5.69 Å². The summed E-state index contributed by atoms with van der Waals surface area (Å²) in [5.74, 6) is 0. The van der Waals surface area contributed by atoms with Crippen molar-refractivity contribution in [1.82, 2.24) is 4.98 Å². The van der Waals surface area contributed by atoms with Crippen molar-refractivity contribution in [3.05, 3.63) is 78.1 Å². The average Bonchev–Trinajstić information content (AvgIpc) is 2.46. The molecule has 0 radical (unpaired) electrons. The van der Waals surface area contributed by atoms with Crippen LogP contribution in [0.1, 0.15) is 11.3 Å². The van der Waals surface area contributed by atoms with Gasteiger partial charge in [-0.3, -0.25) is 4.98 Å². The van der Waals surface area contributed by atoms with E-state index in [0.29, 0.717) is 0 Å². The van der Waals surface area contributed by atoms with Crippen LogP contribution in [0.15, 0.2) is 66.9 Å². The summed E-state index contributed by atoms with van der Waals surface area (Å²) in [6, 6.07) is 20.7. The van der Waals surface area contributed by atoms with E-state index in [-0.39, 0.29) is 0 Å². The quantitative estimate of drug-likeness (QED) is 0.636. The molecule has 0 unspecified atom stereocenters. The predicted molar refractivity (Wildman–Crippen MR) is 77.1 cm³/mol. The average molecular weight is 231 g/mol. The monoisotopic (exact) mass is 231 g/mol. The summed E-state index contributed by atoms with van der Waals surface area (Å²) in [5.41, 5.74) is 2.20. The second-order valence-electron chi connectivity index (χ2n) is 4.16. The van der Waals surface area contributed by atoms with E-state index in [2.05, 4.69) is 53.5 Å². The molecule has 1 heteroatoms. The SMILES string of the molecule is C(=C\c1cccc2ccccc12)/c1ccccn1. The topological polar surface area (TPSA) is 12.9 Å². The highest BCUT2D eigenvalue weighted by Gasteiger charge is 1.96. The molecule has 0 saturated heterocycles. The number of nitrogens with zero attached hydrogens (tertiary/aromatic N) is 1. The van der Waals surface area contributed by atoms with Crippen molar-refractivity contribution in [1.29, 1.82) is 0 Å². The van der Waals surface area contributed by atoms with Crippen molar-refractivity contribution in [2.45, 2.75) is 0 Å². The maximum Gasteiger partial charge on any atom is 0.0629 e. The molecule has 0 aliphatic heterocycles. The van der Waals surface area contributed by atoms with E-state index in [4.69, 9.17) is 0 Å². The van der Waals surface area contributed by atoms with Crippen LogP contribution in [0.4, 0.5) is 0 Å². The van der Waals surface area contributed by atoms with E-state index in [1.165, 1.54) is 16.3 Å². The molecule has 1 nitrogen and oxygen atoms in total. The summed E-state index contributed by atoms with van der Waals surface area (Å²) < 4.78 is 0. The van der Waals surface area contributed by atoms with Crippen molar-refractivity contribution < 1.29 is 0 Å². The smallest absolute Gasteiger partial charge is 0.0629 e. The molecule has 0 atom stereocenters. The number of rotatable bonds is 2.